The van der Waals surface area contributed by atoms with Gasteiger partial charge in [0, 0.05) is 30.8 Å². The Morgan fingerprint density at radius 2 is 2.00 bits per heavy atom. The van der Waals surface area contributed by atoms with Crippen molar-refractivity contribution in [3.63, 3.8) is 0 Å². The summed E-state index contributed by atoms with van der Waals surface area (Å²) in [5.74, 6) is 1.90. The molecule has 3 aliphatic carbocycles. The maximum absolute atomic E-state index is 14.0. The summed E-state index contributed by atoms with van der Waals surface area (Å²) in [5, 5.41) is 12.9. The molecule has 2 saturated carbocycles. The summed E-state index contributed by atoms with van der Waals surface area (Å²) >= 11 is 0. The van der Waals surface area contributed by atoms with Crippen LogP contribution in [-0.4, -0.2) is 71.3 Å². The first kappa shape index (κ1) is 29.7. The van der Waals surface area contributed by atoms with Gasteiger partial charge in [0.2, 0.25) is 5.91 Å². The van der Waals surface area contributed by atoms with Gasteiger partial charge in [0.05, 0.1) is 29.7 Å². The fraction of sp³-hybridized carbons (Fsp3) is 0.571. The van der Waals surface area contributed by atoms with Crippen LogP contribution in [0.4, 0.5) is 13.2 Å². The molecular formula is C35H41F3N2O4. The summed E-state index contributed by atoms with van der Waals surface area (Å²) in [6, 6.07) is 8.72. The third-order valence-corrected chi connectivity index (χ3v) is 10.8. The zero-order valence-corrected chi connectivity index (χ0v) is 25.6. The Labute approximate surface area is 256 Å². The Morgan fingerprint density at radius 3 is 2.70 bits per heavy atom. The van der Waals surface area contributed by atoms with Crippen molar-refractivity contribution in [2.45, 2.75) is 87.8 Å². The van der Waals surface area contributed by atoms with Gasteiger partial charge in [-0.15, -0.1) is 0 Å². The molecule has 1 N–H and O–H groups in total. The summed E-state index contributed by atoms with van der Waals surface area (Å²) in [5.41, 5.74) is 0.105. The molecule has 44 heavy (non-hydrogen) atoms. The smallest absolute Gasteiger partial charge is 0.416 e. The molecule has 236 valence electrons. The highest BCUT2D eigenvalue weighted by Gasteiger charge is 2.73. The molecule has 2 bridgehead atoms. The number of piperidine rings is 1. The number of alkyl halides is 3. The molecule has 7 rings (SSSR count). The molecule has 2 aliphatic heterocycles. The maximum atomic E-state index is 14.0. The van der Waals surface area contributed by atoms with Crippen LogP contribution >= 0.6 is 0 Å². The number of rotatable bonds is 8. The molecule has 6 nitrogen and oxygen atoms in total. The number of carbonyl (C=O) groups is 1. The van der Waals surface area contributed by atoms with E-state index < -0.39 is 28.9 Å². The van der Waals surface area contributed by atoms with Crippen molar-refractivity contribution in [2.24, 2.45) is 11.8 Å². The largest absolute Gasteiger partial charge is 0.493 e. The van der Waals surface area contributed by atoms with E-state index in [0.29, 0.717) is 42.4 Å². The van der Waals surface area contributed by atoms with Gasteiger partial charge < -0.3 is 19.5 Å². The van der Waals surface area contributed by atoms with Crippen molar-refractivity contribution in [2.75, 3.05) is 26.7 Å². The number of aliphatic hydroxyl groups is 1. The van der Waals surface area contributed by atoms with Crippen molar-refractivity contribution in [1.29, 1.82) is 0 Å². The van der Waals surface area contributed by atoms with Crippen LogP contribution in [0, 0.1) is 11.8 Å². The summed E-state index contributed by atoms with van der Waals surface area (Å²) in [7, 11) is 1.63. The van der Waals surface area contributed by atoms with Gasteiger partial charge in [0.25, 0.3) is 0 Å². The number of benzene rings is 2. The van der Waals surface area contributed by atoms with E-state index >= 15 is 0 Å². The van der Waals surface area contributed by atoms with E-state index in [0.717, 1.165) is 43.6 Å². The molecule has 0 radical (unpaired) electrons. The van der Waals surface area contributed by atoms with Crippen LogP contribution < -0.4 is 9.47 Å². The van der Waals surface area contributed by atoms with Crippen molar-refractivity contribution in [3.8, 4) is 11.5 Å². The molecule has 0 unspecified atom stereocenters. The fourth-order valence-electron chi connectivity index (χ4n) is 8.79. The number of ether oxygens (including phenoxy) is 2. The minimum atomic E-state index is -4.46. The van der Waals surface area contributed by atoms with Gasteiger partial charge in [-0.2, -0.15) is 13.2 Å². The molecule has 9 heteroatoms. The highest BCUT2D eigenvalue weighted by Crippen LogP contribution is 2.66. The molecule has 1 amide bonds. The van der Waals surface area contributed by atoms with E-state index in [1.807, 2.05) is 24.8 Å². The van der Waals surface area contributed by atoms with E-state index in [1.165, 1.54) is 36.6 Å². The average Bonchev–Trinajstić information content (AvgIpc) is 3.73. The van der Waals surface area contributed by atoms with Gasteiger partial charge >= 0.3 is 6.18 Å². The van der Waals surface area contributed by atoms with E-state index in [9.17, 15) is 23.1 Å². The first-order valence-corrected chi connectivity index (χ1v) is 16.0. The minimum Gasteiger partial charge on any atom is -0.493 e. The van der Waals surface area contributed by atoms with E-state index in [2.05, 4.69) is 11.0 Å². The standard InChI is InChI=1S/C35H41F3N2O4/c1-21(2)19-40(29(41)12-9-22-5-4-6-25(17-22)35(36,37)38)26-13-14-34(42)28-18-24-10-11-27(43-3)31-30(24)33(34,32(26)44-31)15-16-39(28)20-23-7-8-23/h4-6,9-12,17,21,23,26,28,32,42H,7-8,13-16,18-20H2,1-3H3/t26-,28-,32+,33+,34-/m1/s1. The number of hydrogen-bond acceptors (Lipinski definition) is 5. The minimum absolute atomic E-state index is 0.0224. The lowest BCUT2D eigenvalue weighted by Gasteiger charge is -2.65. The molecule has 1 saturated heterocycles. The number of halogens is 3. The van der Waals surface area contributed by atoms with E-state index in [-0.39, 0.29) is 23.9 Å². The zero-order valence-electron chi connectivity index (χ0n) is 25.6. The monoisotopic (exact) mass is 610 g/mol. The van der Waals surface area contributed by atoms with Crippen LogP contribution in [0.25, 0.3) is 6.08 Å². The van der Waals surface area contributed by atoms with Crippen molar-refractivity contribution < 1.29 is 32.5 Å². The van der Waals surface area contributed by atoms with Gasteiger partial charge in [-0.05, 0) is 92.3 Å². The van der Waals surface area contributed by atoms with Crippen LogP contribution in [0.2, 0.25) is 0 Å². The molecule has 3 fully saturated rings. The molecule has 0 aromatic heterocycles. The number of likely N-dealkylation sites (tertiary alicyclic amines) is 1. The predicted octanol–water partition coefficient (Wildman–Crippen LogP) is 5.84. The number of hydrogen-bond donors (Lipinski definition) is 1. The Hall–Kier alpha value is -3.04. The first-order chi connectivity index (χ1) is 21.0. The molecule has 5 atom stereocenters. The van der Waals surface area contributed by atoms with Gasteiger partial charge in [-0.1, -0.05) is 32.0 Å². The third kappa shape index (κ3) is 4.56. The second kappa shape index (κ2) is 10.5. The average molecular weight is 611 g/mol. The topological polar surface area (TPSA) is 62.2 Å². The van der Waals surface area contributed by atoms with Crippen LogP contribution in [0.1, 0.15) is 68.2 Å². The van der Waals surface area contributed by atoms with Crippen LogP contribution in [-0.2, 0) is 22.8 Å². The highest BCUT2D eigenvalue weighted by atomic mass is 19.4. The molecular weight excluding hydrogens is 569 g/mol. The molecule has 2 aromatic rings. The van der Waals surface area contributed by atoms with Crippen molar-refractivity contribution in [1.82, 2.24) is 9.80 Å². The summed E-state index contributed by atoms with van der Waals surface area (Å²) in [4.78, 5) is 18.3. The lowest BCUT2D eigenvalue weighted by Crippen LogP contribution is -2.78. The molecule has 2 aromatic carbocycles. The third-order valence-electron chi connectivity index (χ3n) is 10.8. The number of methoxy groups -OCH3 is 1. The van der Waals surface area contributed by atoms with E-state index in [4.69, 9.17) is 9.47 Å². The van der Waals surface area contributed by atoms with Gasteiger partial charge in [0.1, 0.15) is 6.10 Å². The zero-order chi connectivity index (χ0) is 31.0. The predicted molar refractivity (Wildman–Crippen MR) is 160 cm³/mol. The van der Waals surface area contributed by atoms with Gasteiger partial charge in [-0.3, -0.25) is 9.69 Å². The number of amides is 1. The van der Waals surface area contributed by atoms with Crippen LogP contribution in [0.3, 0.4) is 0 Å². The number of nitrogens with zero attached hydrogens (tertiary/aromatic N) is 2. The summed E-state index contributed by atoms with van der Waals surface area (Å²) < 4.78 is 52.6. The van der Waals surface area contributed by atoms with Gasteiger partial charge in [0.15, 0.2) is 11.5 Å². The summed E-state index contributed by atoms with van der Waals surface area (Å²) in [6.07, 6.45) is 3.00. The quantitative estimate of drug-likeness (QED) is 0.381. The second-order valence-corrected chi connectivity index (χ2v) is 13.9. The maximum Gasteiger partial charge on any atom is 0.416 e. The normalized spacial score (nSPS) is 30.8. The summed E-state index contributed by atoms with van der Waals surface area (Å²) in [6.45, 7) is 6.43. The van der Waals surface area contributed by atoms with Crippen LogP contribution in [0.5, 0.6) is 11.5 Å². The fourth-order valence-corrected chi connectivity index (χ4v) is 8.79. The molecule has 1 spiro atoms. The number of carbonyl (C=O) groups excluding carboxylic acids is 1. The Morgan fingerprint density at radius 1 is 1.20 bits per heavy atom. The Kier molecular flexibility index (Phi) is 7.09. The lowest BCUT2D eigenvalue weighted by atomic mass is 9.48. The van der Waals surface area contributed by atoms with Crippen molar-refractivity contribution >= 4 is 12.0 Å². The SMILES string of the molecule is COc1ccc2c3c1O[C@H]1[C@H](N(CC(C)C)C(=O)C=Cc4cccc(C(F)(F)F)c4)CC[C@@]4(O)[C@@H](C2)N(CC2CC2)CC[C@]314. The molecule has 5 aliphatic rings. The van der Waals surface area contributed by atoms with E-state index in [1.54, 1.807) is 13.2 Å². The second-order valence-electron chi connectivity index (χ2n) is 13.9. The first-order valence-electron chi connectivity index (χ1n) is 16.0. The highest BCUT2D eigenvalue weighted by molar-refractivity contribution is 5.92. The molecule has 2 heterocycles. The lowest BCUT2D eigenvalue weighted by molar-refractivity contribution is -0.201. The van der Waals surface area contributed by atoms with Crippen LogP contribution in [0.15, 0.2) is 42.5 Å². The Bertz CT molecular complexity index is 1490. The van der Waals surface area contributed by atoms with Gasteiger partial charge in [-0.25, -0.2) is 0 Å². The Balaban J connectivity index is 1.26. The van der Waals surface area contributed by atoms with Crippen molar-refractivity contribution in [3.05, 3.63) is 64.7 Å².